The maximum atomic E-state index is 13.7. The number of benzene rings is 2. The van der Waals surface area contributed by atoms with E-state index in [1.807, 2.05) is 0 Å². The van der Waals surface area contributed by atoms with Gasteiger partial charge in [0, 0.05) is 50.4 Å². The minimum Gasteiger partial charge on any atom is -0.497 e. The predicted molar refractivity (Wildman–Crippen MR) is 192 cm³/mol. The monoisotopic (exact) mass is 707 g/mol. The van der Waals surface area contributed by atoms with Crippen molar-refractivity contribution in [3.63, 3.8) is 0 Å². The van der Waals surface area contributed by atoms with Gasteiger partial charge in [-0.15, -0.1) is 0 Å². The summed E-state index contributed by atoms with van der Waals surface area (Å²) in [5.41, 5.74) is 4.16. The molecule has 1 saturated heterocycles. The van der Waals surface area contributed by atoms with Gasteiger partial charge in [-0.1, -0.05) is 13.8 Å². The van der Waals surface area contributed by atoms with Crippen LogP contribution in [0.15, 0.2) is 30.3 Å². The first kappa shape index (κ1) is 36.8. The smallest absolute Gasteiger partial charge is 0.338 e. The summed E-state index contributed by atoms with van der Waals surface area (Å²) in [7, 11) is 9.21. The van der Waals surface area contributed by atoms with Gasteiger partial charge >= 0.3 is 11.9 Å². The highest BCUT2D eigenvalue weighted by Crippen LogP contribution is 2.51. The third-order valence-electron chi connectivity index (χ3n) is 11.6. The van der Waals surface area contributed by atoms with Gasteiger partial charge in [0.1, 0.15) is 18.0 Å². The Morgan fingerprint density at radius 3 is 2.24 bits per heavy atom. The van der Waals surface area contributed by atoms with E-state index in [0.29, 0.717) is 23.7 Å². The Kier molecular flexibility index (Phi) is 11.3. The zero-order valence-electron chi connectivity index (χ0n) is 31.2. The predicted octanol–water partition coefficient (Wildman–Crippen LogP) is 4.99. The van der Waals surface area contributed by atoms with Crippen molar-refractivity contribution in [3.8, 4) is 23.0 Å². The fraction of sp³-hybridized carbons (Fsp3) is 0.590. The second-order valence-electron chi connectivity index (χ2n) is 13.7. The molecule has 0 spiro atoms. The summed E-state index contributed by atoms with van der Waals surface area (Å²) in [4.78, 5) is 32.5. The summed E-state index contributed by atoms with van der Waals surface area (Å²) in [6.45, 7) is 9.88. The maximum Gasteiger partial charge on any atom is 0.338 e. The van der Waals surface area contributed by atoms with Crippen molar-refractivity contribution in [2.45, 2.75) is 57.9 Å². The molecule has 278 valence electrons. The van der Waals surface area contributed by atoms with E-state index in [-0.39, 0.29) is 29.4 Å². The maximum absolute atomic E-state index is 13.7. The molecular weight excluding hydrogens is 654 g/mol. The van der Waals surface area contributed by atoms with Gasteiger partial charge in [-0.05, 0) is 74.0 Å². The standard InChI is InChI=1S/C39H53N3O9/c1-9-40(10-2)15-16-42-29-20-25(45-3)11-12-26(29)27-13-14-41-22-24-19-33(37(49-7)34(39(44)50-8)28(24)21-30(41)35(27)42)51-38(43)23-17-31(46-4)36(48-6)32(18-23)47-5/h11-12,17-18,20,24,28,30,33-34,37H,9-10,13-16,19,21-22H2,1-8H3. The highest BCUT2D eigenvalue weighted by atomic mass is 16.6. The lowest BCUT2D eigenvalue weighted by Gasteiger charge is -2.53. The molecule has 6 rings (SSSR count). The van der Waals surface area contributed by atoms with E-state index in [2.05, 4.69) is 46.4 Å². The van der Waals surface area contributed by atoms with E-state index in [1.165, 1.54) is 50.6 Å². The Morgan fingerprint density at radius 1 is 0.902 bits per heavy atom. The third kappa shape index (κ3) is 6.73. The number of fused-ring (bicyclic) bond motifs is 6. The minimum atomic E-state index is -0.683. The van der Waals surface area contributed by atoms with Crippen molar-refractivity contribution in [1.82, 2.24) is 14.4 Å². The van der Waals surface area contributed by atoms with Crippen molar-refractivity contribution in [2.24, 2.45) is 17.8 Å². The number of ether oxygens (including phenoxy) is 7. The van der Waals surface area contributed by atoms with Crippen LogP contribution in [-0.2, 0) is 32.0 Å². The van der Waals surface area contributed by atoms with Crippen LogP contribution in [0.25, 0.3) is 10.9 Å². The Hall–Kier alpha value is -4.00. The lowest BCUT2D eigenvalue weighted by Crippen LogP contribution is -2.58. The summed E-state index contributed by atoms with van der Waals surface area (Å²) in [6.07, 6.45) is 0.911. The number of hydrogen-bond donors (Lipinski definition) is 0. The molecule has 1 aromatic heterocycles. The average molecular weight is 708 g/mol. The molecule has 0 radical (unpaired) electrons. The lowest BCUT2D eigenvalue weighted by molar-refractivity contribution is -0.176. The van der Waals surface area contributed by atoms with Gasteiger partial charge in [-0.3, -0.25) is 9.69 Å². The Bertz CT molecular complexity index is 1690. The van der Waals surface area contributed by atoms with Gasteiger partial charge in [0.2, 0.25) is 5.75 Å². The van der Waals surface area contributed by atoms with Crippen LogP contribution < -0.4 is 18.9 Å². The van der Waals surface area contributed by atoms with E-state index < -0.39 is 24.1 Å². The molecular formula is C39H53N3O9. The number of carbonyl (C=O) groups is 2. The normalized spacial score (nSPS) is 24.3. The van der Waals surface area contributed by atoms with E-state index in [0.717, 1.165) is 57.9 Å². The molecule has 12 nitrogen and oxygen atoms in total. The van der Waals surface area contributed by atoms with Crippen LogP contribution in [0.4, 0.5) is 0 Å². The Labute approximate surface area is 300 Å². The number of carbonyl (C=O) groups excluding carboxylic acids is 2. The van der Waals surface area contributed by atoms with Crippen molar-refractivity contribution in [3.05, 3.63) is 47.2 Å². The molecule has 12 heteroatoms. The summed E-state index contributed by atoms with van der Waals surface area (Å²) < 4.78 is 42.3. The number of nitrogens with zero attached hydrogens (tertiary/aromatic N) is 3. The molecule has 3 aliphatic rings. The lowest BCUT2D eigenvalue weighted by atomic mass is 9.63. The average Bonchev–Trinajstić information content (AvgIpc) is 3.48. The van der Waals surface area contributed by atoms with Crippen LogP contribution in [0.2, 0.25) is 0 Å². The summed E-state index contributed by atoms with van der Waals surface area (Å²) in [5.74, 6) is 0.449. The summed E-state index contributed by atoms with van der Waals surface area (Å²) in [6, 6.07) is 9.68. The number of rotatable bonds is 13. The molecule has 6 atom stereocenters. The molecule has 3 heterocycles. The van der Waals surface area contributed by atoms with Crippen LogP contribution in [0.1, 0.15) is 54.3 Å². The number of piperidine rings is 1. The van der Waals surface area contributed by atoms with Crippen molar-refractivity contribution < 1.29 is 42.7 Å². The SMILES string of the molecule is CCN(CC)CCn1c2c(c3ccc(OC)cc31)CCN1CC3CC(OC(=O)c4cc(OC)c(OC)c(OC)c4)C(OC)C(C(=O)OC)C3CC21. The number of esters is 2. The van der Waals surface area contributed by atoms with Gasteiger partial charge < -0.3 is 42.6 Å². The Morgan fingerprint density at radius 2 is 1.63 bits per heavy atom. The van der Waals surface area contributed by atoms with E-state index in [9.17, 15) is 9.59 Å². The molecule has 1 aliphatic carbocycles. The molecule has 6 unspecified atom stereocenters. The third-order valence-corrected chi connectivity index (χ3v) is 11.6. The van der Waals surface area contributed by atoms with Gasteiger partial charge in [0.05, 0.1) is 58.6 Å². The van der Waals surface area contributed by atoms with Crippen molar-refractivity contribution in [1.29, 1.82) is 0 Å². The zero-order valence-corrected chi connectivity index (χ0v) is 31.2. The van der Waals surface area contributed by atoms with Gasteiger partial charge in [0.25, 0.3) is 0 Å². The van der Waals surface area contributed by atoms with Gasteiger partial charge in [0.15, 0.2) is 11.5 Å². The van der Waals surface area contributed by atoms with E-state index in [4.69, 9.17) is 33.2 Å². The highest BCUT2D eigenvalue weighted by Gasteiger charge is 2.55. The molecule has 2 aliphatic heterocycles. The number of likely N-dealkylation sites (N-methyl/N-ethyl adjacent to an activating group) is 1. The number of aromatic nitrogens is 1. The molecule has 2 fully saturated rings. The topological polar surface area (TPSA) is 110 Å². The van der Waals surface area contributed by atoms with Crippen LogP contribution in [0.3, 0.4) is 0 Å². The van der Waals surface area contributed by atoms with Crippen LogP contribution in [0.5, 0.6) is 23.0 Å². The van der Waals surface area contributed by atoms with E-state index >= 15 is 0 Å². The van der Waals surface area contributed by atoms with Crippen LogP contribution in [0, 0.1) is 17.8 Å². The second-order valence-corrected chi connectivity index (χ2v) is 13.7. The number of hydrogen-bond acceptors (Lipinski definition) is 11. The number of methoxy groups -OCH3 is 6. The minimum absolute atomic E-state index is 0.0329. The van der Waals surface area contributed by atoms with Crippen molar-refractivity contribution in [2.75, 3.05) is 75.4 Å². The highest BCUT2D eigenvalue weighted by molar-refractivity contribution is 5.91. The van der Waals surface area contributed by atoms with Crippen LogP contribution >= 0.6 is 0 Å². The molecule has 1 saturated carbocycles. The second kappa shape index (κ2) is 15.7. The first-order valence-electron chi connectivity index (χ1n) is 18.0. The molecule has 51 heavy (non-hydrogen) atoms. The van der Waals surface area contributed by atoms with Crippen LogP contribution in [-0.4, -0.2) is 114 Å². The first-order valence-corrected chi connectivity index (χ1v) is 18.0. The Balaban J connectivity index is 1.34. The molecule has 0 amide bonds. The van der Waals surface area contributed by atoms with Gasteiger partial charge in [-0.25, -0.2) is 4.79 Å². The quantitative estimate of drug-likeness (QED) is 0.224. The van der Waals surface area contributed by atoms with E-state index in [1.54, 1.807) is 26.4 Å². The fourth-order valence-electron chi connectivity index (χ4n) is 9.02. The molecule has 3 aromatic rings. The molecule has 0 N–H and O–H groups in total. The zero-order chi connectivity index (χ0) is 36.4. The largest absolute Gasteiger partial charge is 0.497 e. The fourth-order valence-corrected chi connectivity index (χ4v) is 9.02. The summed E-state index contributed by atoms with van der Waals surface area (Å²) >= 11 is 0. The molecule has 0 bridgehead atoms. The summed E-state index contributed by atoms with van der Waals surface area (Å²) in [5, 5.41) is 1.27. The first-order chi connectivity index (χ1) is 24.7. The van der Waals surface area contributed by atoms with Crippen molar-refractivity contribution >= 4 is 22.8 Å². The van der Waals surface area contributed by atoms with Gasteiger partial charge in [-0.2, -0.15) is 0 Å². The molecule has 2 aromatic carbocycles.